The molecule has 94 valence electrons. The van der Waals surface area contributed by atoms with E-state index in [-0.39, 0.29) is 5.97 Å². The number of nitrogens with one attached hydrogen (secondary N) is 1. The highest BCUT2D eigenvalue weighted by molar-refractivity contribution is 8.00. The van der Waals surface area contributed by atoms with E-state index in [9.17, 15) is 4.79 Å². The molecule has 1 aliphatic rings. The summed E-state index contributed by atoms with van der Waals surface area (Å²) >= 11 is 2.03. The van der Waals surface area contributed by atoms with Crippen LogP contribution in [0.5, 0.6) is 0 Å². The summed E-state index contributed by atoms with van der Waals surface area (Å²) < 4.78 is 5.13. The fourth-order valence-corrected chi connectivity index (χ4v) is 3.24. The number of methoxy groups -OCH3 is 1. The lowest BCUT2D eigenvalue weighted by molar-refractivity contribution is -0.150. The molecule has 4 heteroatoms. The second-order valence-electron chi connectivity index (χ2n) is 5.38. The maximum atomic E-state index is 11.5. The quantitative estimate of drug-likeness (QED) is 0.753. The van der Waals surface area contributed by atoms with Crippen LogP contribution in [0, 0.1) is 5.41 Å². The van der Waals surface area contributed by atoms with Crippen LogP contribution in [0.4, 0.5) is 0 Å². The Morgan fingerprint density at radius 2 is 2.25 bits per heavy atom. The van der Waals surface area contributed by atoms with Gasteiger partial charge in [0.05, 0.1) is 12.5 Å². The van der Waals surface area contributed by atoms with Crippen molar-refractivity contribution in [3.63, 3.8) is 0 Å². The van der Waals surface area contributed by atoms with Gasteiger partial charge in [-0.05, 0) is 39.4 Å². The van der Waals surface area contributed by atoms with Gasteiger partial charge >= 0.3 is 5.97 Å². The second-order valence-corrected chi connectivity index (χ2v) is 7.06. The summed E-state index contributed by atoms with van der Waals surface area (Å²) in [6.45, 7) is 7.77. The van der Waals surface area contributed by atoms with Crippen LogP contribution in [0.1, 0.15) is 33.6 Å². The summed E-state index contributed by atoms with van der Waals surface area (Å²) in [7, 11) is 1.44. The molecule has 0 aromatic carbocycles. The molecule has 1 heterocycles. The molecular weight excluding hydrogens is 222 g/mol. The van der Waals surface area contributed by atoms with Gasteiger partial charge in [0.25, 0.3) is 0 Å². The second kappa shape index (κ2) is 5.41. The van der Waals surface area contributed by atoms with Crippen LogP contribution < -0.4 is 5.32 Å². The molecule has 0 amide bonds. The van der Waals surface area contributed by atoms with Gasteiger partial charge in [0.2, 0.25) is 0 Å². The fourth-order valence-electron chi connectivity index (χ4n) is 1.96. The fraction of sp³-hybridized carbons (Fsp3) is 0.917. The largest absolute Gasteiger partial charge is 0.469 e. The van der Waals surface area contributed by atoms with Crippen LogP contribution in [0.3, 0.4) is 0 Å². The Morgan fingerprint density at radius 3 is 2.75 bits per heavy atom. The highest BCUT2D eigenvalue weighted by Gasteiger charge is 2.32. The summed E-state index contributed by atoms with van der Waals surface area (Å²) in [4.78, 5) is 11.5. The van der Waals surface area contributed by atoms with Gasteiger partial charge in [0.15, 0.2) is 0 Å². The average molecular weight is 245 g/mol. The first-order valence-corrected chi connectivity index (χ1v) is 6.81. The van der Waals surface area contributed by atoms with Crippen molar-refractivity contribution in [1.82, 2.24) is 5.32 Å². The van der Waals surface area contributed by atoms with Crippen molar-refractivity contribution in [2.75, 3.05) is 26.0 Å². The number of carbonyl (C=O) groups is 1. The van der Waals surface area contributed by atoms with E-state index in [0.717, 1.165) is 6.54 Å². The molecule has 0 bridgehead atoms. The minimum atomic E-state index is -0.436. The molecule has 1 fully saturated rings. The van der Waals surface area contributed by atoms with E-state index in [1.54, 1.807) is 0 Å². The molecule has 1 N–H and O–H groups in total. The predicted molar refractivity (Wildman–Crippen MR) is 68.8 cm³/mol. The van der Waals surface area contributed by atoms with Gasteiger partial charge in [-0.2, -0.15) is 11.8 Å². The van der Waals surface area contributed by atoms with E-state index in [1.165, 1.54) is 25.7 Å². The van der Waals surface area contributed by atoms with E-state index in [2.05, 4.69) is 12.2 Å². The van der Waals surface area contributed by atoms with Gasteiger partial charge in [-0.3, -0.25) is 4.79 Å². The van der Waals surface area contributed by atoms with Crippen LogP contribution in [-0.4, -0.2) is 36.7 Å². The zero-order valence-corrected chi connectivity index (χ0v) is 11.6. The topological polar surface area (TPSA) is 38.3 Å². The summed E-state index contributed by atoms with van der Waals surface area (Å²) in [5, 5.41) is 3.40. The maximum Gasteiger partial charge on any atom is 0.312 e. The van der Waals surface area contributed by atoms with E-state index in [1.807, 2.05) is 25.6 Å². The van der Waals surface area contributed by atoms with E-state index >= 15 is 0 Å². The maximum absolute atomic E-state index is 11.5. The number of hydrogen-bond acceptors (Lipinski definition) is 4. The molecule has 0 radical (unpaired) electrons. The SMILES string of the molecule is COC(=O)C(C)(C)CNCC1(C)CCCS1. The van der Waals surface area contributed by atoms with Crippen molar-refractivity contribution in [2.24, 2.45) is 5.41 Å². The number of hydrogen-bond donors (Lipinski definition) is 1. The number of esters is 1. The summed E-state index contributed by atoms with van der Waals surface area (Å²) in [5.41, 5.74) is -0.436. The van der Waals surface area contributed by atoms with Crippen LogP contribution >= 0.6 is 11.8 Å². The van der Waals surface area contributed by atoms with Gasteiger partial charge in [-0.15, -0.1) is 0 Å². The molecule has 16 heavy (non-hydrogen) atoms. The minimum absolute atomic E-state index is 0.149. The zero-order valence-electron chi connectivity index (χ0n) is 10.8. The zero-order chi connectivity index (χ0) is 12.2. The molecule has 3 nitrogen and oxygen atoms in total. The van der Waals surface area contributed by atoms with Crippen LogP contribution in [-0.2, 0) is 9.53 Å². The van der Waals surface area contributed by atoms with Crippen molar-refractivity contribution in [2.45, 2.75) is 38.4 Å². The first-order valence-electron chi connectivity index (χ1n) is 5.83. The van der Waals surface area contributed by atoms with Crippen molar-refractivity contribution >= 4 is 17.7 Å². The number of rotatable bonds is 5. The standard InChI is InChI=1S/C12H23NO2S/c1-11(2,10(14)15-4)8-13-9-12(3)6-5-7-16-12/h13H,5-9H2,1-4H3. The van der Waals surface area contributed by atoms with Crippen LogP contribution in [0.15, 0.2) is 0 Å². The van der Waals surface area contributed by atoms with Crippen LogP contribution in [0.25, 0.3) is 0 Å². The van der Waals surface area contributed by atoms with E-state index in [0.29, 0.717) is 11.3 Å². The monoisotopic (exact) mass is 245 g/mol. The van der Waals surface area contributed by atoms with Gasteiger partial charge in [0, 0.05) is 17.8 Å². The third kappa shape index (κ3) is 3.67. The molecule has 1 saturated heterocycles. The molecule has 1 aliphatic heterocycles. The van der Waals surface area contributed by atoms with Crippen molar-refractivity contribution in [1.29, 1.82) is 0 Å². The molecule has 1 atom stereocenters. The summed E-state index contributed by atoms with van der Waals surface area (Å²) in [5.74, 6) is 1.11. The van der Waals surface area contributed by atoms with Crippen LogP contribution in [0.2, 0.25) is 0 Å². The minimum Gasteiger partial charge on any atom is -0.469 e. The smallest absolute Gasteiger partial charge is 0.312 e. The number of carbonyl (C=O) groups excluding carboxylic acids is 1. The highest BCUT2D eigenvalue weighted by Crippen LogP contribution is 2.37. The Hall–Kier alpha value is -0.220. The molecule has 1 rings (SSSR count). The lowest BCUT2D eigenvalue weighted by atomic mass is 9.93. The first kappa shape index (κ1) is 13.8. The Kier molecular flexibility index (Phi) is 4.68. The Labute approximate surface area is 103 Å². The lowest BCUT2D eigenvalue weighted by Gasteiger charge is -2.27. The van der Waals surface area contributed by atoms with Gasteiger partial charge in [0.1, 0.15) is 0 Å². The number of ether oxygens (including phenoxy) is 1. The van der Waals surface area contributed by atoms with Gasteiger partial charge in [-0.25, -0.2) is 0 Å². The number of thioether (sulfide) groups is 1. The van der Waals surface area contributed by atoms with Crippen molar-refractivity contribution < 1.29 is 9.53 Å². The predicted octanol–water partition coefficient (Wildman–Crippen LogP) is 2.06. The van der Waals surface area contributed by atoms with E-state index < -0.39 is 5.41 Å². The molecule has 0 aromatic heterocycles. The molecule has 0 saturated carbocycles. The average Bonchev–Trinajstić information content (AvgIpc) is 2.63. The normalized spacial score (nSPS) is 25.8. The lowest BCUT2D eigenvalue weighted by Crippen LogP contribution is -2.41. The Balaban J connectivity index is 2.31. The summed E-state index contributed by atoms with van der Waals surface area (Å²) in [6.07, 6.45) is 2.58. The Bertz CT molecular complexity index is 247. The van der Waals surface area contributed by atoms with E-state index in [4.69, 9.17) is 4.74 Å². The first-order chi connectivity index (χ1) is 7.40. The molecule has 0 aromatic rings. The molecule has 1 unspecified atom stereocenters. The van der Waals surface area contributed by atoms with Gasteiger partial charge < -0.3 is 10.1 Å². The third-order valence-corrected chi connectivity index (χ3v) is 4.64. The summed E-state index contributed by atoms with van der Waals surface area (Å²) in [6, 6.07) is 0. The third-order valence-electron chi connectivity index (χ3n) is 3.10. The van der Waals surface area contributed by atoms with Crippen molar-refractivity contribution in [3.05, 3.63) is 0 Å². The molecular formula is C12H23NO2S. The van der Waals surface area contributed by atoms with Gasteiger partial charge in [-0.1, -0.05) is 0 Å². The Morgan fingerprint density at radius 1 is 1.56 bits per heavy atom. The van der Waals surface area contributed by atoms with Crippen molar-refractivity contribution in [3.8, 4) is 0 Å². The highest BCUT2D eigenvalue weighted by atomic mass is 32.2. The molecule has 0 aliphatic carbocycles. The molecule has 0 spiro atoms.